The van der Waals surface area contributed by atoms with E-state index >= 15 is 0 Å². The van der Waals surface area contributed by atoms with Gasteiger partial charge >= 0.3 is 5.97 Å². The molecule has 0 radical (unpaired) electrons. The fraction of sp³-hybridized carbons (Fsp3) is 0.211. The predicted octanol–water partition coefficient (Wildman–Crippen LogP) is 2.16. The lowest BCUT2D eigenvalue weighted by Crippen LogP contribution is -2.32. The maximum absolute atomic E-state index is 11.8. The molecule has 0 aliphatic rings. The quantitative estimate of drug-likeness (QED) is 0.757. The van der Waals surface area contributed by atoms with Crippen LogP contribution in [0.4, 0.5) is 5.69 Å². The summed E-state index contributed by atoms with van der Waals surface area (Å²) in [5.41, 5.74) is 2.01. The number of ether oxygens (including phenoxy) is 1. The fourth-order valence-electron chi connectivity index (χ4n) is 2.18. The van der Waals surface area contributed by atoms with Gasteiger partial charge in [-0.15, -0.1) is 0 Å². The highest BCUT2D eigenvalue weighted by molar-refractivity contribution is 5.95. The van der Waals surface area contributed by atoms with Crippen molar-refractivity contribution in [2.75, 3.05) is 19.0 Å². The number of hydrogen-bond acceptors (Lipinski definition) is 4. The Balaban J connectivity index is 1.73. The van der Waals surface area contributed by atoms with Gasteiger partial charge < -0.3 is 15.4 Å². The van der Waals surface area contributed by atoms with Gasteiger partial charge in [-0.05, 0) is 36.2 Å². The molecular formula is C19H20N2O4. The number of hydrogen-bond donors (Lipinski definition) is 2. The van der Waals surface area contributed by atoms with Crippen molar-refractivity contribution < 1.29 is 19.1 Å². The molecule has 2 N–H and O–H groups in total. The minimum Gasteiger partial charge on any atom is -0.465 e. The average molecular weight is 340 g/mol. The molecule has 0 saturated carbocycles. The molecule has 0 aliphatic heterocycles. The first kappa shape index (κ1) is 18.2. The third-order valence-corrected chi connectivity index (χ3v) is 3.52. The van der Waals surface area contributed by atoms with E-state index in [2.05, 4.69) is 15.4 Å². The molecule has 0 atom stereocenters. The summed E-state index contributed by atoms with van der Waals surface area (Å²) < 4.78 is 4.60. The maximum atomic E-state index is 11.8. The molecule has 25 heavy (non-hydrogen) atoms. The number of benzene rings is 2. The second-order valence-corrected chi connectivity index (χ2v) is 5.38. The molecule has 2 amide bonds. The molecule has 6 nitrogen and oxygen atoms in total. The van der Waals surface area contributed by atoms with Gasteiger partial charge in [-0.1, -0.05) is 30.3 Å². The van der Waals surface area contributed by atoms with Crippen LogP contribution in [0.3, 0.4) is 0 Å². The number of aryl methyl sites for hydroxylation is 1. The van der Waals surface area contributed by atoms with Gasteiger partial charge in [0.15, 0.2) is 0 Å². The molecular weight excluding hydrogens is 320 g/mol. The fourth-order valence-corrected chi connectivity index (χ4v) is 2.18. The van der Waals surface area contributed by atoms with Crippen molar-refractivity contribution >= 4 is 23.5 Å². The second kappa shape index (κ2) is 9.22. The number of rotatable bonds is 7. The Morgan fingerprint density at radius 3 is 2.24 bits per heavy atom. The van der Waals surface area contributed by atoms with Crippen LogP contribution < -0.4 is 10.6 Å². The molecule has 0 heterocycles. The van der Waals surface area contributed by atoms with Gasteiger partial charge in [-0.25, -0.2) is 4.79 Å². The molecule has 2 aromatic carbocycles. The van der Waals surface area contributed by atoms with Crippen LogP contribution in [0.25, 0.3) is 0 Å². The number of carbonyl (C=O) groups is 3. The molecule has 6 heteroatoms. The molecule has 2 rings (SSSR count). The minimum absolute atomic E-state index is 0.105. The number of nitrogens with one attached hydrogen (secondary N) is 2. The topological polar surface area (TPSA) is 84.5 Å². The van der Waals surface area contributed by atoms with Crippen LogP contribution in [0.1, 0.15) is 22.3 Å². The highest BCUT2D eigenvalue weighted by Gasteiger charge is 2.08. The van der Waals surface area contributed by atoms with Crippen LogP contribution in [0.5, 0.6) is 0 Å². The maximum Gasteiger partial charge on any atom is 0.337 e. The van der Waals surface area contributed by atoms with Crippen molar-refractivity contribution in [2.24, 2.45) is 0 Å². The number of anilines is 1. The molecule has 0 aromatic heterocycles. The van der Waals surface area contributed by atoms with Crippen LogP contribution in [0.2, 0.25) is 0 Å². The summed E-state index contributed by atoms with van der Waals surface area (Å²) in [6, 6.07) is 16.0. The molecule has 0 saturated heterocycles. The second-order valence-electron chi connectivity index (χ2n) is 5.38. The zero-order valence-corrected chi connectivity index (χ0v) is 14.0. The van der Waals surface area contributed by atoms with Crippen molar-refractivity contribution in [1.82, 2.24) is 5.32 Å². The molecule has 0 unspecified atom stereocenters. The smallest absolute Gasteiger partial charge is 0.337 e. The summed E-state index contributed by atoms with van der Waals surface area (Å²) >= 11 is 0. The highest BCUT2D eigenvalue weighted by atomic mass is 16.5. The molecule has 130 valence electrons. The lowest BCUT2D eigenvalue weighted by molar-refractivity contribution is -0.124. The zero-order valence-electron chi connectivity index (χ0n) is 14.0. The predicted molar refractivity (Wildman–Crippen MR) is 94.2 cm³/mol. The van der Waals surface area contributed by atoms with Crippen molar-refractivity contribution in [3.8, 4) is 0 Å². The van der Waals surface area contributed by atoms with Crippen LogP contribution in [-0.4, -0.2) is 31.4 Å². The van der Waals surface area contributed by atoms with E-state index in [4.69, 9.17) is 0 Å². The van der Waals surface area contributed by atoms with Crippen molar-refractivity contribution in [2.45, 2.75) is 12.8 Å². The standard InChI is InChI=1S/C19H20N2O4/c1-25-19(24)15-8-10-16(11-9-15)21-18(23)13-20-17(22)12-7-14-5-3-2-4-6-14/h2-6,8-11H,7,12-13H2,1H3,(H,20,22)(H,21,23). The van der Waals surface area contributed by atoms with Crippen LogP contribution in [0.15, 0.2) is 54.6 Å². The van der Waals surface area contributed by atoms with E-state index in [0.717, 1.165) is 5.56 Å². The van der Waals surface area contributed by atoms with Crippen LogP contribution in [0, 0.1) is 0 Å². The van der Waals surface area contributed by atoms with Crippen molar-refractivity contribution in [3.63, 3.8) is 0 Å². The van der Waals surface area contributed by atoms with E-state index in [1.54, 1.807) is 24.3 Å². The van der Waals surface area contributed by atoms with E-state index in [-0.39, 0.29) is 18.4 Å². The van der Waals surface area contributed by atoms with Gasteiger partial charge in [0.1, 0.15) is 0 Å². The molecule has 0 aliphatic carbocycles. The summed E-state index contributed by atoms with van der Waals surface area (Å²) in [7, 11) is 1.30. The lowest BCUT2D eigenvalue weighted by Gasteiger charge is -2.08. The van der Waals surface area contributed by atoms with E-state index in [1.165, 1.54) is 7.11 Å². The average Bonchev–Trinajstić information content (AvgIpc) is 2.65. The Hall–Kier alpha value is -3.15. The minimum atomic E-state index is -0.441. The molecule has 0 bridgehead atoms. The largest absolute Gasteiger partial charge is 0.465 e. The third-order valence-electron chi connectivity index (χ3n) is 3.52. The van der Waals surface area contributed by atoms with E-state index in [9.17, 15) is 14.4 Å². The third kappa shape index (κ3) is 6.10. The van der Waals surface area contributed by atoms with E-state index in [0.29, 0.717) is 24.1 Å². The Bertz CT molecular complexity index is 727. The highest BCUT2D eigenvalue weighted by Crippen LogP contribution is 2.10. The first-order chi connectivity index (χ1) is 12.1. The van der Waals surface area contributed by atoms with Gasteiger partial charge in [0, 0.05) is 12.1 Å². The first-order valence-corrected chi connectivity index (χ1v) is 7.87. The Kier molecular flexibility index (Phi) is 6.71. The monoisotopic (exact) mass is 340 g/mol. The summed E-state index contributed by atoms with van der Waals surface area (Å²) in [5.74, 6) is -0.956. The normalized spacial score (nSPS) is 9.96. The molecule has 2 aromatic rings. The zero-order chi connectivity index (χ0) is 18.1. The van der Waals surface area contributed by atoms with Gasteiger partial charge in [0.2, 0.25) is 11.8 Å². The number of carbonyl (C=O) groups excluding carboxylic acids is 3. The SMILES string of the molecule is COC(=O)c1ccc(NC(=O)CNC(=O)CCc2ccccc2)cc1. The number of amides is 2. The van der Waals surface area contributed by atoms with Crippen LogP contribution >= 0.6 is 0 Å². The Morgan fingerprint density at radius 2 is 1.60 bits per heavy atom. The van der Waals surface area contributed by atoms with Crippen molar-refractivity contribution in [3.05, 3.63) is 65.7 Å². The van der Waals surface area contributed by atoms with Gasteiger partial charge in [0.25, 0.3) is 0 Å². The number of esters is 1. The molecule has 0 spiro atoms. The molecule has 0 fully saturated rings. The van der Waals surface area contributed by atoms with E-state index < -0.39 is 5.97 Å². The van der Waals surface area contributed by atoms with Crippen molar-refractivity contribution in [1.29, 1.82) is 0 Å². The summed E-state index contributed by atoms with van der Waals surface area (Å²) in [5, 5.41) is 5.24. The van der Waals surface area contributed by atoms with Gasteiger partial charge in [-0.2, -0.15) is 0 Å². The lowest BCUT2D eigenvalue weighted by atomic mass is 10.1. The van der Waals surface area contributed by atoms with E-state index in [1.807, 2.05) is 30.3 Å². The number of methoxy groups -OCH3 is 1. The summed E-state index contributed by atoms with van der Waals surface area (Å²) in [4.78, 5) is 35.0. The first-order valence-electron chi connectivity index (χ1n) is 7.87. The van der Waals surface area contributed by atoms with Crippen LogP contribution in [-0.2, 0) is 20.7 Å². The summed E-state index contributed by atoms with van der Waals surface area (Å²) in [6.45, 7) is -0.105. The Labute approximate surface area is 146 Å². The Morgan fingerprint density at radius 1 is 0.920 bits per heavy atom. The van der Waals surface area contributed by atoms with Gasteiger partial charge in [0.05, 0.1) is 19.2 Å². The van der Waals surface area contributed by atoms with Gasteiger partial charge in [-0.3, -0.25) is 9.59 Å². The summed E-state index contributed by atoms with van der Waals surface area (Å²) in [6.07, 6.45) is 0.953.